The van der Waals surface area contributed by atoms with E-state index in [1.807, 2.05) is 0 Å². The molecule has 0 aromatic carbocycles. The van der Waals surface area contributed by atoms with Crippen LogP contribution in [0.4, 0.5) is 4.39 Å². The Morgan fingerprint density at radius 3 is 3.00 bits per heavy atom. The number of hydrogen-bond acceptors (Lipinski definition) is 1. The fourth-order valence-electron chi connectivity index (χ4n) is 0.602. The van der Waals surface area contributed by atoms with Crippen LogP contribution < -0.4 is 0 Å². The van der Waals surface area contributed by atoms with Gasteiger partial charge in [0.05, 0.1) is 0 Å². The Labute approximate surface area is 47.9 Å². The molecule has 0 radical (unpaired) electrons. The van der Waals surface area contributed by atoms with E-state index in [1.165, 1.54) is 0 Å². The summed E-state index contributed by atoms with van der Waals surface area (Å²) in [6, 6.07) is 0. The molecule has 1 aliphatic heterocycles. The van der Waals surface area contributed by atoms with Crippen molar-refractivity contribution in [3.63, 3.8) is 0 Å². The molecular weight excluding hydrogens is 105 g/mol. The Morgan fingerprint density at radius 2 is 2.62 bits per heavy atom. The third kappa shape index (κ3) is 0.941. The van der Waals surface area contributed by atoms with E-state index in [-0.39, 0.29) is 0 Å². The van der Waals surface area contributed by atoms with Crippen molar-refractivity contribution in [3.05, 3.63) is 12.3 Å². The van der Waals surface area contributed by atoms with Gasteiger partial charge < -0.3 is 0 Å². The summed E-state index contributed by atoms with van der Waals surface area (Å²) < 4.78 is 12.4. The van der Waals surface area contributed by atoms with Gasteiger partial charge in [-0.05, 0) is 6.92 Å². The minimum atomic E-state index is -0.833. The van der Waals surface area contributed by atoms with Gasteiger partial charge in [0.25, 0.3) is 0 Å². The molecular formula is C6H8FN. The van der Waals surface area contributed by atoms with Gasteiger partial charge >= 0.3 is 0 Å². The van der Waals surface area contributed by atoms with Crippen molar-refractivity contribution in [1.29, 1.82) is 0 Å². The number of alkyl halides is 1. The predicted molar refractivity (Wildman–Crippen MR) is 31.8 cm³/mol. The van der Waals surface area contributed by atoms with Crippen molar-refractivity contribution in [2.24, 2.45) is 4.99 Å². The van der Waals surface area contributed by atoms with E-state index in [9.17, 15) is 4.39 Å². The molecule has 44 valence electrons. The first kappa shape index (κ1) is 5.48. The third-order valence-electron chi connectivity index (χ3n) is 1.18. The lowest BCUT2D eigenvalue weighted by Gasteiger charge is -2.05. The van der Waals surface area contributed by atoms with Gasteiger partial charge in [-0.25, -0.2) is 4.39 Å². The van der Waals surface area contributed by atoms with Crippen LogP contribution in [0.2, 0.25) is 0 Å². The highest BCUT2D eigenvalue weighted by atomic mass is 19.1. The maximum atomic E-state index is 12.4. The van der Waals surface area contributed by atoms with E-state index >= 15 is 0 Å². The maximum Gasteiger partial charge on any atom is 0.141 e. The van der Waals surface area contributed by atoms with E-state index in [0.29, 0.717) is 12.1 Å². The second kappa shape index (κ2) is 2.07. The fourth-order valence-corrected chi connectivity index (χ4v) is 0.602. The SMILES string of the molecule is CC1=NC=CCC1F. The smallest absolute Gasteiger partial charge is 0.141 e. The molecule has 0 bridgehead atoms. The molecule has 1 nitrogen and oxygen atoms in total. The van der Waals surface area contributed by atoms with Crippen LogP contribution >= 0.6 is 0 Å². The summed E-state index contributed by atoms with van der Waals surface area (Å²) >= 11 is 0. The monoisotopic (exact) mass is 113 g/mol. The molecule has 0 aromatic rings. The van der Waals surface area contributed by atoms with Crippen molar-refractivity contribution < 1.29 is 4.39 Å². The van der Waals surface area contributed by atoms with Gasteiger partial charge in [-0.2, -0.15) is 0 Å². The number of allylic oxidation sites excluding steroid dienone is 1. The molecule has 0 N–H and O–H groups in total. The minimum absolute atomic E-state index is 0.495. The molecule has 0 aromatic heterocycles. The Balaban J connectivity index is 2.66. The van der Waals surface area contributed by atoms with E-state index in [4.69, 9.17) is 0 Å². The first-order valence-corrected chi connectivity index (χ1v) is 2.64. The highest BCUT2D eigenvalue weighted by Gasteiger charge is 2.09. The quantitative estimate of drug-likeness (QED) is 0.453. The standard InChI is InChI=1S/C6H8FN/c1-5-6(7)3-2-4-8-5/h2,4,6H,3H2,1H3. The molecule has 1 heterocycles. The summed E-state index contributed by atoms with van der Waals surface area (Å²) in [5.41, 5.74) is 0.590. The van der Waals surface area contributed by atoms with Crippen LogP contribution in [0.15, 0.2) is 17.3 Å². The van der Waals surface area contributed by atoms with Crippen LogP contribution in [0.25, 0.3) is 0 Å². The van der Waals surface area contributed by atoms with Crippen molar-refractivity contribution in [2.45, 2.75) is 19.5 Å². The number of hydrogen-bond donors (Lipinski definition) is 0. The average Bonchev–Trinajstić information content (AvgIpc) is 1.77. The molecule has 0 saturated heterocycles. The van der Waals surface area contributed by atoms with Crippen molar-refractivity contribution in [3.8, 4) is 0 Å². The molecule has 2 heteroatoms. The van der Waals surface area contributed by atoms with Crippen molar-refractivity contribution in [1.82, 2.24) is 0 Å². The van der Waals surface area contributed by atoms with Crippen LogP contribution in [0.3, 0.4) is 0 Å². The minimum Gasteiger partial charge on any atom is -0.263 e. The molecule has 8 heavy (non-hydrogen) atoms. The van der Waals surface area contributed by atoms with Gasteiger partial charge in [-0.15, -0.1) is 0 Å². The number of rotatable bonds is 0. The summed E-state index contributed by atoms with van der Waals surface area (Å²) in [4.78, 5) is 3.77. The molecule has 0 fully saturated rings. The lowest BCUT2D eigenvalue weighted by Crippen LogP contribution is -2.12. The van der Waals surface area contributed by atoms with Gasteiger partial charge in [0.2, 0.25) is 0 Å². The Morgan fingerprint density at radius 1 is 1.88 bits per heavy atom. The molecule has 1 aliphatic rings. The van der Waals surface area contributed by atoms with Crippen LogP contribution in [0, 0.1) is 0 Å². The summed E-state index contributed by atoms with van der Waals surface area (Å²) in [6.07, 6.45) is 3.04. The van der Waals surface area contributed by atoms with Crippen LogP contribution in [-0.4, -0.2) is 11.9 Å². The van der Waals surface area contributed by atoms with E-state index in [2.05, 4.69) is 4.99 Å². The Bertz CT molecular complexity index is 137. The molecule has 1 rings (SSSR count). The van der Waals surface area contributed by atoms with Crippen molar-refractivity contribution in [2.75, 3.05) is 0 Å². The average molecular weight is 113 g/mol. The van der Waals surface area contributed by atoms with E-state index < -0.39 is 6.17 Å². The highest BCUT2D eigenvalue weighted by Crippen LogP contribution is 2.06. The third-order valence-corrected chi connectivity index (χ3v) is 1.18. The highest BCUT2D eigenvalue weighted by molar-refractivity contribution is 5.87. The van der Waals surface area contributed by atoms with Crippen LogP contribution in [-0.2, 0) is 0 Å². The van der Waals surface area contributed by atoms with Crippen molar-refractivity contribution >= 4 is 5.71 Å². The lowest BCUT2D eigenvalue weighted by atomic mass is 10.1. The number of halogens is 1. The molecule has 1 unspecified atom stereocenters. The molecule has 0 spiro atoms. The largest absolute Gasteiger partial charge is 0.263 e. The predicted octanol–water partition coefficient (Wildman–Crippen LogP) is 1.70. The zero-order valence-electron chi connectivity index (χ0n) is 4.76. The first-order chi connectivity index (χ1) is 3.80. The second-order valence-electron chi connectivity index (χ2n) is 1.86. The number of aliphatic imine (C=N–C) groups is 1. The van der Waals surface area contributed by atoms with E-state index in [0.717, 1.165) is 0 Å². The fraction of sp³-hybridized carbons (Fsp3) is 0.500. The topological polar surface area (TPSA) is 12.4 Å². The molecule has 0 aliphatic carbocycles. The zero-order valence-corrected chi connectivity index (χ0v) is 4.76. The summed E-state index contributed by atoms with van der Waals surface area (Å²) in [5, 5.41) is 0. The zero-order chi connectivity index (χ0) is 5.98. The molecule has 0 amide bonds. The van der Waals surface area contributed by atoms with Crippen LogP contribution in [0.1, 0.15) is 13.3 Å². The lowest BCUT2D eigenvalue weighted by molar-refractivity contribution is 0.423. The van der Waals surface area contributed by atoms with Crippen LogP contribution in [0.5, 0.6) is 0 Å². The van der Waals surface area contributed by atoms with Gasteiger partial charge in [0, 0.05) is 18.3 Å². The maximum absolute atomic E-state index is 12.4. The Kier molecular flexibility index (Phi) is 1.42. The van der Waals surface area contributed by atoms with Gasteiger partial charge in [0.15, 0.2) is 0 Å². The van der Waals surface area contributed by atoms with Gasteiger partial charge in [-0.1, -0.05) is 6.08 Å². The normalized spacial score (nSPS) is 27.8. The van der Waals surface area contributed by atoms with Gasteiger partial charge in [0.1, 0.15) is 6.17 Å². The summed E-state index contributed by atoms with van der Waals surface area (Å²) in [5.74, 6) is 0. The summed E-state index contributed by atoms with van der Waals surface area (Å²) in [6.45, 7) is 1.70. The number of nitrogens with zero attached hydrogens (tertiary/aromatic N) is 1. The van der Waals surface area contributed by atoms with E-state index in [1.54, 1.807) is 19.2 Å². The first-order valence-electron chi connectivity index (χ1n) is 2.64. The van der Waals surface area contributed by atoms with Gasteiger partial charge in [-0.3, -0.25) is 4.99 Å². The Hall–Kier alpha value is -0.660. The molecule has 1 atom stereocenters. The molecule has 0 saturated carbocycles. The second-order valence-corrected chi connectivity index (χ2v) is 1.86. The summed E-state index contributed by atoms with van der Waals surface area (Å²) in [7, 11) is 0.